The minimum absolute atomic E-state index is 0.0260. The first-order valence-electron chi connectivity index (χ1n) is 9.24. The lowest BCUT2D eigenvalue weighted by atomic mass is 9.93. The summed E-state index contributed by atoms with van der Waals surface area (Å²) in [5, 5.41) is 22.3. The van der Waals surface area contributed by atoms with Crippen LogP contribution in [0.2, 0.25) is 0 Å². The highest BCUT2D eigenvalue weighted by atomic mass is 16.3. The van der Waals surface area contributed by atoms with Gasteiger partial charge in [-0.25, -0.2) is 0 Å². The van der Waals surface area contributed by atoms with Gasteiger partial charge in [-0.2, -0.15) is 0 Å². The van der Waals surface area contributed by atoms with E-state index in [0.717, 1.165) is 32.1 Å². The van der Waals surface area contributed by atoms with E-state index in [-0.39, 0.29) is 18.8 Å². The van der Waals surface area contributed by atoms with E-state index in [0.29, 0.717) is 18.2 Å². The number of rotatable bonds is 12. The predicted molar refractivity (Wildman–Crippen MR) is 89.9 cm³/mol. The number of carbonyl (C=O) groups is 1. The molecule has 0 aromatic carbocycles. The topological polar surface area (TPSA) is 69.6 Å². The molecule has 0 saturated carbocycles. The lowest BCUT2D eigenvalue weighted by Crippen LogP contribution is -2.52. The molecule has 1 saturated heterocycles. The second-order valence-electron chi connectivity index (χ2n) is 6.70. The van der Waals surface area contributed by atoms with Crippen LogP contribution >= 0.6 is 0 Å². The number of hydrogen-bond donors (Lipinski definition) is 3. The van der Waals surface area contributed by atoms with Gasteiger partial charge in [0.2, 0.25) is 0 Å². The van der Waals surface area contributed by atoms with Gasteiger partial charge >= 0.3 is 0 Å². The molecule has 1 aliphatic rings. The van der Waals surface area contributed by atoms with Crippen molar-refractivity contribution in [3.8, 4) is 0 Å². The van der Waals surface area contributed by atoms with Crippen LogP contribution in [0.5, 0.6) is 0 Å². The highest BCUT2D eigenvalue weighted by molar-refractivity contribution is 5.77. The predicted octanol–water partition coefficient (Wildman–Crippen LogP) is 2.95. The summed E-state index contributed by atoms with van der Waals surface area (Å²) < 4.78 is 0. The maximum absolute atomic E-state index is 11.2. The summed E-state index contributed by atoms with van der Waals surface area (Å²) in [5.41, 5.74) is 0. The Morgan fingerprint density at radius 1 is 1.05 bits per heavy atom. The van der Waals surface area contributed by atoms with Gasteiger partial charge < -0.3 is 15.5 Å². The zero-order valence-electron chi connectivity index (χ0n) is 14.2. The molecule has 3 atom stereocenters. The third kappa shape index (κ3) is 8.25. The first kappa shape index (κ1) is 19.6. The molecule has 130 valence electrons. The third-order valence-electron chi connectivity index (χ3n) is 4.82. The van der Waals surface area contributed by atoms with Gasteiger partial charge in [-0.3, -0.25) is 4.79 Å². The monoisotopic (exact) mass is 313 g/mol. The minimum Gasteiger partial charge on any atom is -0.395 e. The molecule has 4 nitrogen and oxygen atoms in total. The molecule has 0 aromatic rings. The molecule has 0 aliphatic carbocycles. The molecule has 0 amide bonds. The summed E-state index contributed by atoms with van der Waals surface area (Å²) in [6.45, 7) is 1.96. The second-order valence-corrected chi connectivity index (χ2v) is 6.70. The lowest BCUT2D eigenvalue weighted by Gasteiger charge is -2.34. The Labute approximate surface area is 135 Å². The van der Waals surface area contributed by atoms with Gasteiger partial charge in [0.25, 0.3) is 0 Å². The van der Waals surface area contributed by atoms with Crippen molar-refractivity contribution in [3.63, 3.8) is 0 Å². The Morgan fingerprint density at radius 2 is 1.68 bits per heavy atom. The highest BCUT2D eigenvalue weighted by Gasteiger charge is 2.27. The summed E-state index contributed by atoms with van der Waals surface area (Å²) in [4.78, 5) is 11.2. The van der Waals surface area contributed by atoms with Crippen LogP contribution in [-0.2, 0) is 4.79 Å². The number of ketones is 1. The van der Waals surface area contributed by atoms with E-state index in [1.54, 1.807) is 0 Å². The van der Waals surface area contributed by atoms with Crippen LogP contribution in [0, 0.1) is 0 Å². The fourth-order valence-electron chi connectivity index (χ4n) is 3.25. The normalized spacial score (nSPS) is 25.3. The van der Waals surface area contributed by atoms with Crippen LogP contribution in [0.25, 0.3) is 0 Å². The number of hydrogen-bond acceptors (Lipinski definition) is 4. The van der Waals surface area contributed by atoms with Gasteiger partial charge in [-0.1, -0.05) is 45.4 Å². The summed E-state index contributed by atoms with van der Waals surface area (Å²) in [6, 6.07) is 0.324. The molecule has 22 heavy (non-hydrogen) atoms. The largest absolute Gasteiger partial charge is 0.395 e. The van der Waals surface area contributed by atoms with Gasteiger partial charge in [-0.05, 0) is 25.7 Å². The molecule has 0 aromatic heterocycles. The van der Waals surface area contributed by atoms with Gasteiger partial charge in [-0.15, -0.1) is 0 Å². The standard InChI is InChI=1S/C18H35NO3/c1-2-16(21)11-9-7-5-3-4-6-8-10-15-12-13-18(22)17(14-20)19-15/h15,17-20,22H,2-14H2,1H3/t15?,17-,18+/m0/s1. The molecule has 3 N–H and O–H groups in total. The van der Waals surface area contributed by atoms with E-state index in [9.17, 15) is 15.0 Å². The van der Waals surface area contributed by atoms with Crippen molar-refractivity contribution < 1.29 is 15.0 Å². The lowest BCUT2D eigenvalue weighted by molar-refractivity contribution is -0.118. The maximum atomic E-state index is 11.2. The Balaban J connectivity index is 1.90. The molecular formula is C18H35NO3. The zero-order chi connectivity index (χ0) is 16.2. The molecule has 0 spiro atoms. The number of unbranched alkanes of at least 4 members (excludes halogenated alkanes) is 6. The molecule has 1 unspecified atom stereocenters. The third-order valence-corrected chi connectivity index (χ3v) is 4.82. The number of carbonyl (C=O) groups excluding carboxylic acids is 1. The smallest absolute Gasteiger partial charge is 0.132 e. The molecule has 1 heterocycles. The number of nitrogens with one attached hydrogen (secondary N) is 1. The van der Waals surface area contributed by atoms with E-state index in [2.05, 4.69) is 5.32 Å². The number of aliphatic hydroxyl groups excluding tert-OH is 2. The minimum atomic E-state index is -0.388. The van der Waals surface area contributed by atoms with Gasteiger partial charge in [0.1, 0.15) is 5.78 Å². The molecule has 1 fully saturated rings. The average molecular weight is 313 g/mol. The fraction of sp³-hybridized carbons (Fsp3) is 0.944. The van der Waals surface area contributed by atoms with Gasteiger partial charge in [0.05, 0.1) is 18.8 Å². The SMILES string of the molecule is CCC(=O)CCCCCCCCCC1CC[C@@H](O)[C@H](CO)N1. The van der Waals surface area contributed by atoms with E-state index in [4.69, 9.17) is 0 Å². The van der Waals surface area contributed by atoms with Crippen LogP contribution in [0.1, 0.15) is 84.0 Å². The van der Waals surface area contributed by atoms with Crippen molar-refractivity contribution in [2.75, 3.05) is 6.61 Å². The van der Waals surface area contributed by atoms with Crippen molar-refractivity contribution in [2.45, 2.75) is 102 Å². The summed E-state index contributed by atoms with van der Waals surface area (Å²) in [6.07, 6.45) is 12.6. The van der Waals surface area contributed by atoms with Crippen molar-refractivity contribution in [1.82, 2.24) is 5.32 Å². The van der Waals surface area contributed by atoms with E-state index in [1.165, 1.54) is 38.5 Å². The first-order chi connectivity index (χ1) is 10.7. The van der Waals surface area contributed by atoms with Crippen molar-refractivity contribution in [2.24, 2.45) is 0 Å². The van der Waals surface area contributed by atoms with Gasteiger partial charge in [0, 0.05) is 18.9 Å². The Kier molecular flexibility index (Phi) is 10.7. The van der Waals surface area contributed by atoms with Gasteiger partial charge in [0.15, 0.2) is 0 Å². The van der Waals surface area contributed by atoms with Crippen LogP contribution in [-0.4, -0.2) is 40.8 Å². The highest BCUT2D eigenvalue weighted by Crippen LogP contribution is 2.18. The van der Waals surface area contributed by atoms with Crippen LogP contribution < -0.4 is 5.32 Å². The number of piperidine rings is 1. The summed E-state index contributed by atoms with van der Waals surface area (Å²) in [7, 11) is 0. The van der Waals surface area contributed by atoms with E-state index >= 15 is 0 Å². The van der Waals surface area contributed by atoms with Crippen molar-refractivity contribution in [1.29, 1.82) is 0 Å². The Bertz CT molecular complexity index is 296. The molecule has 4 heteroatoms. The maximum Gasteiger partial charge on any atom is 0.132 e. The summed E-state index contributed by atoms with van der Waals surface area (Å²) >= 11 is 0. The van der Waals surface area contributed by atoms with Crippen LogP contribution in [0.15, 0.2) is 0 Å². The Morgan fingerprint density at radius 3 is 2.32 bits per heavy atom. The fourth-order valence-corrected chi connectivity index (χ4v) is 3.25. The average Bonchev–Trinajstić information content (AvgIpc) is 2.54. The first-order valence-corrected chi connectivity index (χ1v) is 9.24. The van der Waals surface area contributed by atoms with Crippen molar-refractivity contribution in [3.05, 3.63) is 0 Å². The quantitative estimate of drug-likeness (QED) is 0.485. The van der Waals surface area contributed by atoms with E-state index < -0.39 is 0 Å². The summed E-state index contributed by atoms with van der Waals surface area (Å²) in [5.74, 6) is 0.395. The molecule has 0 radical (unpaired) electrons. The second kappa shape index (κ2) is 12.0. The molecular weight excluding hydrogens is 278 g/mol. The van der Waals surface area contributed by atoms with Crippen LogP contribution in [0.4, 0.5) is 0 Å². The Hall–Kier alpha value is -0.450. The zero-order valence-corrected chi connectivity index (χ0v) is 14.2. The van der Waals surface area contributed by atoms with Crippen molar-refractivity contribution >= 4 is 5.78 Å². The molecule has 1 aliphatic heterocycles. The molecule has 1 rings (SSSR count). The number of aliphatic hydroxyl groups is 2. The van der Waals surface area contributed by atoms with Crippen LogP contribution in [0.3, 0.4) is 0 Å². The number of Topliss-reactive ketones (excluding diaryl/α,β-unsaturated/α-hetero) is 1. The van der Waals surface area contributed by atoms with E-state index in [1.807, 2.05) is 6.92 Å². The molecule has 0 bridgehead atoms.